The molecule has 0 saturated carbocycles. The van der Waals surface area contributed by atoms with Crippen molar-refractivity contribution in [2.45, 2.75) is 13.0 Å². The third-order valence-corrected chi connectivity index (χ3v) is 10.4. The topological polar surface area (TPSA) is 121 Å². The van der Waals surface area contributed by atoms with Gasteiger partial charge in [0.2, 0.25) is 0 Å². The number of amides is 1. The van der Waals surface area contributed by atoms with Crippen LogP contribution in [0.15, 0.2) is 167 Å². The maximum absolute atomic E-state index is 14.8. The monoisotopic (exact) mass is 743 g/mol. The van der Waals surface area contributed by atoms with E-state index in [0.717, 1.165) is 28.1 Å². The van der Waals surface area contributed by atoms with Crippen LogP contribution in [0.4, 0.5) is 11.4 Å². The maximum Gasteiger partial charge on any atom is 0.271 e. The van der Waals surface area contributed by atoms with Gasteiger partial charge in [-0.05, 0) is 72.2 Å². The van der Waals surface area contributed by atoms with Gasteiger partial charge in [0, 0.05) is 29.1 Å². The number of ether oxygens (including phenoxy) is 1. The molecule has 0 radical (unpaired) electrons. The van der Waals surface area contributed by atoms with E-state index in [2.05, 4.69) is 9.88 Å². The SMILES string of the molecule is COc1cccc([C@@H]2C(C(=O)Nc3ccccc3)=C(C)N=c3s/c(=C\c4cc(-c5ccccc5)n(-c5ccc([N+](=O)[O-])cc5)c4-c4ccccc4)c(=O)n32)c1. The zero-order valence-corrected chi connectivity index (χ0v) is 30.6. The Morgan fingerprint density at radius 1 is 0.855 bits per heavy atom. The largest absolute Gasteiger partial charge is 0.497 e. The second kappa shape index (κ2) is 14.7. The number of carbonyl (C=O) groups is 1. The summed E-state index contributed by atoms with van der Waals surface area (Å²) in [5, 5.41) is 14.6. The fraction of sp³-hybridized carbons (Fsp3) is 0.0682. The Labute approximate surface area is 319 Å². The fourth-order valence-electron chi connectivity index (χ4n) is 6.94. The van der Waals surface area contributed by atoms with E-state index in [1.165, 1.54) is 23.5 Å². The van der Waals surface area contributed by atoms with Crippen LogP contribution < -0.4 is 24.9 Å². The highest BCUT2D eigenvalue weighted by Gasteiger charge is 2.33. The summed E-state index contributed by atoms with van der Waals surface area (Å²) in [5.74, 6) is 0.221. The molecule has 0 saturated heterocycles. The number of nitrogens with one attached hydrogen (secondary N) is 1. The Hall–Kier alpha value is -7.11. The summed E-state index contributed by atoms with van der Waals surface area (Å²) in [4.78, 5) is 45.3. The lowest BCUT2D eigenvalue weighted by atomic mass is 9.95. The molecule has 0 spiro atoms. The minimum Gasteiger partial charge on any atom is -0.497 e. The van der Waals surface area contributed by atoms with E-state index in [1.54, 1.807) is 42.9 Å². The van der Waals surface area contributed by atoms with Crippen molar-refractivity contribution in [3.63, 3.8) is 0 Å². The van der Waals surface area contributed by atoms with Crippen molar-refractivity contribution in [1.29, 1.82) is 0 Å². The molecular formula is C44H33N5O5S. The highest BCUT2D eigenvalue weighted by Crippen LogP contribution is 2.37. The number of benzene rings is 5. The number of aromatic nitrogens is 2. The maximum atomic E-state index is 14.8. The fourth-order valence-corrected chi connectivity index (χ4v) is 7.98. The summed E-state index contributed by atoms with van der Waals surface area (Å²) in [6.07, 6.45) is 1.87. The summed E-state index contributed by atoms with van der Waals surface area (Å²) in [6, 6.07) is 43.9. The first kappa shape index (κ1) is 34.9. The van der Waals surface area contributed by atoms with Crippen molar-refractivity contribution in [2.75, 3.05) is 12.4 Å². The minimum atomic E-state index is -0.796. The number of para-hydroxylation sites is 1. The average molecular weight is 744 g/mol. The molecule has 1 N–H and O–H groups in total. The average Bonchev–Trinajstić information content (AvgIpc) is 3.74. The molecule has 8 rings (SSSR count). The van der Waals surface area contributed by atoms with Crippen LogP contribution in [0.5, 0.6) is 5.75 Å². The van der Waals surface area contributed by atoms with Gasteiger partial charge in [-0.25, -0.2) is 4.99 Å². The molecule has 1 amide bonds. The first-order valence-electron chi connectivity index (χ1n) is 17.4. The predicted octanol–water partition coefficient (Wildman–Crippen LogP) is 7.92. The summed E-state index contributed by atoms with van der Waals surface area (Å²) in [5.41, 5.74) is 6.72. The van der Waals surface area contributed by atoms with Crippen molar-refractivity contribution >= 4 is 34.7 Å². The Bertz CT molecular complexity index is 2790. The predicted molar refractivity (Wildman–Crippen MR) is 215 cm³/mol. The normalized spacial score (nSPS) is 13.9. The third-order valence-electron chi connectivity index (χ3n) is 9.46. The van der Waals surface area contributed by atoms with Crippen molar-refractivity contribution < 1.29 is 14.5 Å². The van der Waals surface area contributed by atoms with Crippen LogP contribution >= 0.6 is 11.3 Å². The number of anilines is 1. The minimum absolute atomic E-state index is 0.0162. The van der Waals surface area contributed by atoms with Gasteiger partial charge >= 0.3 is 0 Å². The molecule has 0 unspecified atom stereocenters. The highest BCUT2D eigenvalue weighted by molar-refractivity contribution is 7.07. The van der Waals surface area contributed by atoms with Crippen LogP contribution in [0.3, 0.4) is 0 Å². The van der Waals surface area contributed by atoms with Gasteiger partial charge in [-0.3, -0.25) is 24.3 Å². The van der Waals surface area contributed by atoms with Crippen molar-refractivity contribution in [3.8, 4) is 34.0 Å². The number of nitro groups is 1. The number of non-ortho nitro benzene ring substituents is 1. The molecule has 7 aromatic rings. The molecule has 2 aromatic heterocycles. The van der Waals surface area contributed by atoms with Gasteiger partial charge in [0.25, 0.3) is 17.2 Å². The smallest absolute Gasteiger partial charge is 0.271 e. The first-order valence-corrected chi connectivity index (χ1v) is 18.3. The molecule has 0 fully saturated rings. The van der Waals surface area contributed by atoms with E-state index in [1.807, 2.05) is 115 Å². The van der Waals surface area contributed by atoms with Crippen LogP contribution in [-0.4, -0.2) is 27.1 Å². The number of methoxy groups -OCH3 is 1. The van der Waals surface area contributed by atoms with Gasteiger partial charge in [-0.2, -0.15) is 0 Å². The number of nitro benzene ring substituents is 1. The van der Waals surface area contributed by atoms with Gasteiger partial charge in [0.05, 0.1) is 45.3 Å². The van der Waals surface area contributed by atoms with E-state index >= 15 is 0 Å². The lowest BCUT2D eigenvalue weighted by Gasteiger charge is -2.25. The van der Waals surface area contributed by atoms with E-state index in [4.69, 9.17) is 9.73 Å². The summed E-state index contributed by atoms with van der Waals surface area (Å²) in [7, 11) is 1.57. The second-order valence-corrected chi connectivity index (χ2v) is 13.9. The molecule has 11 heteroatoms. The van der Waals surface area contributed by atoms with E-state index < -0.39 is 11.0 Å². The zero-order chi connectivity index (χ0) is 38.1. The highest BCUT2D eigenvalue weighted by atomic mass is 32.1. The Balaban J connectivity index is 1.36. The Kier molecular flexibility index (Phi) is 9.36. The Morgan fingerprint density at radius 2 is 1.51 bits per heavy atom. The van der Waals surface area contributed by atoms with Gasteiger partial charge in [-0.15, -0.1) is 0 Å². The first-order chi connectivity index (χ1) is 26.8. The molecule has 0 bridgehead atoms. The van der Waals surface area contributed by atoms with E-state index in [9.17, 15) is 19.7 Å². The lowest BCUT2D eigenvalue weighted by Crippen LogP contribution is -2.40. The van der Waals surface area contributed by atoms with Crippen LogP contribution in [0, 0.1) is 10.1 Å². The molecule has 0 aliphatic carbocycles. The van der Waals surface area contributed by atoms with Crippen LogP contribution in [0.1, 0.15) is 24.1 Å². The molecular weight excluding hydrogens is 711 g/mol. The van der Waals surface area contributed by atoms with E-state index in [-0.39, 0.29) is 17.2 Å². The van der Waals surface area contributed by atoms with Crippen molar-refractivity contribution in [2.24, 2.45) is 4.99 Å². The van der Waals surface area contributed by atoms with Gasteiger partial charge in [-0.1, -0.05) is 102 Å². The number of allylic oxidation sites excluding steroid dienone is 1. The number of hydrogen-bond donors (Lipinski definition) is 1. The van der Waals surface area contributed by atoms with Crippen LogP contribution in [-0.2, 0) is 4.79 Å². The van der Waals surface area contributed by atoms with Gasteiger partial charge in [0.1, 0.15) is 5.75 Å². The molecule has 1 aliphatic heterocycles. The second-order valence-electron chi connectivity index (χ2n) is 12.9. The standard InChI is InChI=1S/C44H33N5O5S/c1-28-39(42(50)46-33-18-10-5-11-19-33)41(31-17-12-20-36(25-31)54-2)48-43(51)38(55-44(48)45-28)27-32-26-37(29-13-6-3-7-14-29)47(40(32)30-15-8-4-9-16-30)34-21-23-35(24-22-34)49(52)53/h3-27,41H,1-2H3,(H,46,50)/b38-27-/t41-/m1/s1. The van der Waals surface area contributed by atoms with Crippen LogP contribution in [0.25, 0.3) is 34.3 Å². The quantitative estimate of drug-likeness (QED) is 0.119. The molecule has 55 heavy (non-hydrogen) atoms. The van der Waals surface area contributed by atoms with Crippen LogP contribution in [0.2, 0.25) is 0 Å². The number of carbonyl (C=O) groups excluding carboxylic acids is 1. The van der Waals surface area contributed by atoms with Crippen molar-refractivity contribution in [1.82, 2.24) is 9.13 Å². The third kappa shape index (κ3) is 6.68. The number of thiazole rings is 1. The summed E-state index contributed by atoms with van der Waals surface area (Å²) < 4.78 is 9.63. The number of hydrogen-bond acceptors (Lipinski definition) is 7. The van der Waals surface area contributed by atoms with Crippen molar-refractivity contribution in [3.05, 3.63) is 198 Å². The summed E-state index contributed by atoms with van der Waals surface area (Å²) >= 11 is 1.25. The van der Waals surface area contributed by atoms with Gasteiger partial charge in [0.15, 0.2) is 4.80 Å². The van der Waals surface area contributed by atoms with Gasteiger partial charge < -0.3 is 14.6 Å². The number of nitrogens with zero attached hydrogens (tertiary/aromatic N) is 4. The lowest BCUT2D eigenvalue weighted by molar-refractivity contribution is -0.384. The Morgan fingerprint density at radius 3 is 2.16 bits per heavy atom. The summed E-state index contributed by atoms with van der Waals surface area (Å²) in [6.45, 7) is 1.79. The molecule has 1 atom stereocenters. The number of fused-ring (bicyclic) bond motifs is 1. The number of rotatable bonds is 9. The van der Waals surface area contributed by atoms with E-state index in [0.29, 0.717) is 43.3 Å². The molecule has 5 aromatic carbocycles. The molecule has 10 nitrogen and oxygen atoms in total. The molecule has 3 heterocycles. The molecule has 1 aliphatic rings. The zero-order valence-electron chi connectivity index (χ0n) is 29.7. The molecule has 270 valence electrons.